The molecule has 3 aromatic rings. The van der Waals surface area contributed by atoms with Gasteiger partial charge in [-0.25, -0.2) is 9.97 Å². The van der Waals surface area contributed by atoms with Crippen LogP contribution in [0.4, 0.5) is 0 Å². The minimum Gasteiger partial charge on any atom is -0.474 e. The van der Waals surface area contributed by atoms with E-state index in [1.165, 1.54) is 0 Å². The number of pyridine rings is 1. The first-order valence-corrected chi connectivity index (χ1v) is 9.93. The number of aromatic nitrogens is 3. The van der Waals surface area contributed by atoms with Gasteiger partial charge in [0.2, 0.25) is 11.8 Å². The van der Waals surface area contributed by atoms with Crippen LogP contribution in [0.3, 0.4) is 0 Å². The summed E-state index contributed by atoms with van der Waals surface area (Å²) in [6.07, 6.45) is 4.13. The molecule has 29 heavy (non-hydrogen) atoms. The number of amides is 1. The van der Waals surface area contributed by atoms with Gasteiger partial charge in [-0.3, -0.25) is 9.59 Å². The summed E-state index contributed by atoms with van der Waals surface area (Å²) in [5.41, 5.74) is 1.60. The van der Waals surface area contributed by atoms with Crippen molar-refractivity contribution < 1.29 is 9.53 Å². The van der Waals surface area contributed by atoms with Gasteiger partial charge in [0.15, 0.2) is 0 Å². The van der Waals surface area contributed by atoms with Crippen molar-refractivity contribution in [3.05, 3.63) is 64.3 Å². The topological polar surface area (TPSA) is 88.2 Å². The predicted octanol–water partition coefficient (Wildman–Crippen LogP) is 2.63. The van der Waals surface area contributed by atoms with Crippen LogP contribution < -0.4 is 10.3 Å². The van der Waals surface area contributed by atoms with Gasteiger partial charge in [-0.15, -0.1) is 0 Å². The molecule has 0 bridgehead atoms. The lowest BCUT2D eigenvalue weighted by atomic mass is 10.1. The predicted molar refractivity (Wildman–Crippen MR) is 110 cm³/mol. The van der Waals surface area contributed by atoms with Gasteiger partial charge in [-0.05, 0) is 30.7 Å². The Morgan fingerprint density at radius 1 is 1.24 bits per heavy atom. The quantitative estimate of drug-likeness (QED) is 0.721. The maximum absolute atomic E-state index is 12.6. The van der Waals surface area contributed by atoms with Gasteiger partial charge < -0.3 is 14.6 Å². The molecule has 0 unspecified atom stereocenters. The second-order valence-electron chi connectivity index (χ2n) is 7.40. The highest BCUT2D eigenvalue weighted by molar-refractivity contribution is 5.78. The minimum atomic E-state index is -0.166. The number of benzene rings is 1. The number of rotatable bonds is 5. The number of piperidine rings is 1. The van der Waals surface area contributed by atoms with E-state index in [4.69, 9.17) is 4.74 Å². The van der Waals surface area contributed by atoms with Crippen molar-refractivity contribution in [1.29, 1.82) is 0 Å². The third kappa shape index (κ3) is 4.62. The molecule has 4 rings (SSSR count). The molecule has 1 saturated heterocycles. The number of carbonyl (C=O) groups excluding carboxylic acids is 1. The molecule has 1 amide bonds. The second-order valence-corrected chi connectivity index (χ2v) is 7.40. The van der Waals surface area contributed by atoms with Crippen LogP contribution >= 0.6 is 0 Å². The smallest absolute Gasteiger partial charge is 0.258 e. The highest BCUT2D eigenvalue weighted by Gasteiger charge is 2.24. The molecule has 1 aromatic carbocycles. The standard InChI is InChI=1S/C22H24N4O3/c1-15-8-11-23-20(14-15)29-16-9-12-26(13-10-16)21(27)7-6-19-24-18-5-3-2-4-17(18)22(28)25-19/h2-5,8,11,14,16H,6-7,9-10,12-13H2,1H3,(H,24,25,28). The zero-order valence-corrected chi connectivity index (χ0v) is 16.4. The van der Waals surface area contributed by atoms with Crippen LogP contribution in [0.2, 0.25) is 0 Å². The molecule has 3 heterocycles. The molecule has 2 aromatic heterocycles. The van der Waals surface area contributed by atoms with Crippen molar-refractivity contribution in [2.24, 2.45) is 0 Å². The Balaban J connectivity index is 1.29. The van der Waals surface area contributed by atoms with Crippen molar-refractivity contribution in [3.8, 4) is 5.88 Å². The molecule has 1 aliphatic heterocycles. The Morgan fingerprint density at radius 2 is 2.03 bits per heavy atom. The average molecular weight is 392 g/mol. The normalized spacial score (nSPS) is 14.9. The van der Waals surface area contributed by atoms with Crippen molar-refractivity contribution in [3.63, 3.8) is 0 Å². The number of nitrogens with one attached hydrogen (secondary N) is 1. The van der Waals surface area contributed by atoms with Crippen LogP contribution in [0.5, 0.6) is 5.88 Å². The summed E-state index contributed by atoms with van der Waals surface area (Å²) in [6, 6.07) is 11.1. The number of ether oxygens (including phenoxy) is 1. The van der Waals surface area contributed by atoms with Crippen LogP contribution in [0, 0.1) is 6.92 Å². The van der Waals surface area contributed by atoms with E-state index in [1.54, 1.807) is 12.3 Å². The number of hydrogen-bond acceptors (Lipinski definition) is 5. The summed E-state index contributed by atoms with van der Waals surface area (Å²) in [5, 5.41) is 0.563. The monoisotopic (exact) mass is 392 g/mol. The van der Waals surface area contributed by atoms with Crippen molar-refractivity contribution in [2.75, 3.05) is 13.1 Å². The van der Waals surface area contributed by atoms with Gasteiger partial charge in [-0.2, -0.15) is 0 Å². The fourth-order valence-corrected chi connectivity index (χ4v) is 3.60. The summed E-state index contributed by atoms with van der Waals surface area (Å²) in [7, 11) is 0. The molecule has 1 N–H and O–H groups in total. The molecule has 0 spiro atoms. The molecule has 0 saturated carbocycles. The van der Waals surface area contributed by atoms with Gasteiger partial charge in [0, 0.05) is 51.0 Å². The van der Waals surface area contributed by atoms with Crippen molar-refractivity contribution in [1.82, 2.24) is 19.9 Å². The lowest BCUT2D eigenvalue weighted by molar-refractivity contribution is -0.133. The number of aryl methyl sites for hydroxylation is 2. The van der Waals surface area contributed by atoms with Crippen molar-refractivity contribution in [2.45, 2.75) is 38.7 Å². The van der Waals surface area contributed by atoms with E-state index in [-0.39, 0.29) is 17.6 Å². The fourth-order valence-electron chi connectivity index (χ4n) is 3.60. The van der Waals surface area contributed by atoms with Crippen LogP contribution in [0.15, 0.2) is 47.4 Å². The lowest BCUT2D eigenvalue weighted by Crippen LogP contribution is -2.42. The summed E-state index contributed by atoms with van der Waals surface area (Å²) in [4.78, 5) is 38.1. The molecule has 0 radical (unpaired) electrons. The number of likely N-dealkylation sites (tertiary alicyclic amines) is 1. The molecule has 1 aliphatic rings. The molecular weight excluding hydrogens is 368 g/mol. The first kappa shape index (κ1) is 19.1. The Kier molecular flexibility index (Phi) is 5.55. The highest BCUT2D eigenvalue weighted by atomic mass is 16.5. The van der Waals surface area contributed by atoms with Gasteiger partial charge in [-0.1, -0.05) is 12.1 Å². The van der Waals surface area contributed by atoms with Gasteiger partial charge in [0.05, 0.1) is 10.9 Å². The molecule has 150 valence electrons. The molecule has 1 fully saturated rings. The second kappa shape index (κ2) is 8.43. The molecule has 0 atom stereocenters. The minimum absolute atomic E-state index is 0.0758. The van der Waals surface area contributed by atoms with Crippen molar-refractivity contribution >= 4 is 16.8 Å². The Hall–Kier alpha value is -3.22. The molecule has 7 nitrogen and oxygen atoms in total. The zero-order chi connectivity index (χ0) is 20.2. The van der Waals surface area contributed by atoms with Crippen LogP contribution in [0.25, 0.3) is 10.9 Å². The first-order valence-electron chi connectivity index (χ1n) is 9.93. The average Bonchev–Trinajstić information content (AvgIpc) is 2.73. The molecule has 7 heteroatoms. The number of fused-ring (bicyclic) bond motifs is 1. The maximum Gasteiger partial charge on any atom is 0.258 e. The van der Waals surface area contributed by atoms with E-state index >= 15 is 0 Å². The molecule has 0 aliphatic carbocycles. The van der Waals surface area contributed by atoms with Crippen LogP contribution in [0.1, 0.15) is 30.7 Å². The number of carbonyl (C=O) groups is 1. The van der Waals surface area contributed by atoms with Crippen LogP contribution in [-0.4, -0.2) is 45.0 Å². The van der Waals surface area contributed by atoms with Gasteiger partial charge >= 0.3 is 0 Å². The SMILES string of the molecule is Cc1ccnc(OC2CCN(C(=O)CCc3nc4ccccc4c(=O)[nH]3)CC2)c1. The number of aromatic amines is 1. The number of nitrogens with zero attached hydrogens (tertiary/aromatic N) is 3. The third-order valence-electron chi connectivity index (χ3n) is 5.21. The summed E-state index contributed by atoms with van der Waals surface area (Å²) in [5.74, 6) is 1.26. The highest BCUT2D eigenvalue weighted by Crippen LogP contribution is 2.18. The zero-order valence-electron chi connectivity index (χ0n) is 16.4. The van der Waals surface area contributed by atoms with E-state index in [0.29, 0.717) is 48.5 Å². The summed E-state index contributed by atoms with van der Waals surface area (Å²) in [6.45, 7) is 3.33. The Labute approximate surface area is 168 Å². The Morgan fingerprint density at radius 3 is 2.83 bits per heavy atom. The fraction of sp³-hybridized carbons (Fsp3) is 0.364. The number of H-pyrrole nitrogens is 1. The number of para-hydroxylation sites is 1. The van der Waals surface area contributed by atoms with E-state index < -0.39 is 0 Å². The van der Waals surface area contributed by atoms with Gasteiger partial charge in [0.25, 0.3) is 5.56 Å². The largest absolute Gasteiger partial charge is 0.474 e. The molecular formula is C22H24N4O3. The van der Waals surface area contributed by atoms with Crippen LogP contribution in [-0.2, 0) is 11.2 Å². The van der Waals surface area contributed by atoms with E-state index in [0.717, 1.165) is 18.4 Å². The maximum atomic E-state index is 12.6. The van der Waals surface area contributed by atoms with E-state index in [1.807, 2.05) is 42.2 Å². The third-order valence-corrected chi connectivity index (χ3v) is 5.21. The van der Waals surface area contributed by atoms with E-state index in [9.17, 15) is 9.59 Å². The first-order chi connectivity index (χ1) is 14.1. The summed E-state index contributed by atoms with van der Waals surface area (Å²) >= 11 is 0. The summed E-state index contributed by atoms with van der Waals surface area (Å²) < 4.78 is 5.95. The Bertz CT molecular complexity index is 1070. The van der Waals surface area contributed by atoms with E-state index in [2.05, 4.69) is 15.0 Å². The van der Waals surface area contributed by atoms with Gasteiger partial charge in [0.1, 0.15) is 11.9 Å². The number of hydrogen-bond donors (Lipinski definition) is 1. The lowest BCUT2D eigenvalue weighted by Gasteiger charge is -2.32.